The van der Waals surface area contributed by atoms with E-state index < -0.39 is 11.7 Å². The number of aromatic amines is 1. The lowest BCUT2D eigenvalue weighted by Crippen LogP contribution is -2.16. The third-order valence-corrected chi connectivity index (χ3v) is 2.45. The zero-order valence-electron chi connectivity index (χ0n) is 10.1. The Hall–Kier alpha value is -2.63. The van der Waals surface area contributed by atoms with E-state index in [4.69, 9.17) is 4.74 Å². The number of aromatic nitrogens is 1. The van der Waals surface area contributed by atoms with Gasteiger partial charge >= 0.3 is 0 Å². The molecule has 0 fully saturated rings. The fraction of sp³-hybridized carbons (Fsp3) is 0.0769. The molecule has 0 aliphatic carbocycles. The molecule has 0 saturated heterocycles. The summed E-state index contributed by atoms with van der Waals surface area (Å²) in [6, 6.07) is 6.39. The molecule has 0 spiro atoms. The van der Waals surface area contributed by atoms with E-state index in [9.17, 15) is 14.0 Å². The largest absolute Gasteiger partial charge is 0.494 e. The van der Waals surface area contributed by atoms with Crippen LogP contribution in [-0.2, 0) is 0 Å². The number of carbonyl (C=O) groups is 1. The second kappa shape index (κ2) is 5.34. The molecular weight excluding hydrogens is 251 g/mol. The number of anilines is 1. The highest BCUT2D eigenvalue weighted by Gasteiger charge is 2.10. The van der Waals surface area contributed by atoms with E-state index in [1.807, 2.05) is 0 Å². The Morgan fingerprint density at radius 1 is 1.32 bits per heavy atom. The molecule has 1 heterocycles. The second-order valence-electron chi connectivity index (χ2n) is 3.74. The molecule has 0 unspecified atom stereocenters. The highest BCUT2D eigenvalue weighted by molar-refractivity contribution is 6.04. The number of hydrogen-bond acceptors (Lipinski definition) is 3. The average molecular weight is 262 g/mol. The van der Waals surface area contributed by atoms with Crippen LogP contribution in [0.3, 0.4) is 0 Å². The maximum absolute atomic E-state index is 13.0. The Bertz CT molecular complexity index is 667. The first-order valence-corrected chi connectivity index (χ1v) is 5.44. The van der Waals surface area contributed by atoms with Crippen molar-refractivity contribution in [1.82, 2.24) is 4.98 Å². The first kappa shape index (κ1) is 12.8. The van der Waals surface area contributed by atoms with E-state index >= 15 is 0 Å². The molecule has 1 amide bonds. The van der Waals surface area contributed by atoms with Gasteiger partial charge in [-0.25, -0.2) is 4.39 Å². The van der Waals surface area contributed by atoms with Gasteiger partial charge in [-0.2, -0.15) is 0 Å². The maximum Gasteiger partial charge on any atom is 0.256 e. The number of rotatable bonds is 3. The molecule has 2 N–H and O–H groups in total. The lowest BCUT2D eigenvalue weighted by molar-refractivity contribution is 0.102. The van der Waals surface area contributed by atoms with Crippen molar-refractivity contribution < 1.29 is 13.9 Å². The summed E-state index contributed by atoms with van der Waals surface area (Å²) >= 11 is 0. The number of benzene rings is 1. The van der Waals surface area contributed by atoms with Crippen molar-refractivity contribution in [3.05, 3.63) is 58.3 Å². The molecule has 2 rings (SSSR count). The number of H-pyrrole nitrogens is 1. The molecule has 0 aliphatic heterocycles. The summed E-state index contributed by atoms with van der Waals surface area (Å²) in [5.41, 5.74) is 0.156. The van der Waals surface area contributed by atoms with Gasteiger partial charge in [-0.05, 0) is 18.2 Å². The van der Waals surface area contributed by atoms with Crippen LogP contribution in [0.25, 0.3) is 0 Å². The first-order valence-electron chi connectivity index (χ1n) is 5.44. The van der Waals surface area contributed by atoms with Gasteiger partial charge in [-0.15, -0.1) is 0 Å². The predicted octanol–water partition coefficient (Wildman–Crippen LogP) is 1.77. The summed E-state index contributed by atoms with van der Waals surface area (Å²) in [5.74, 6) is -0.736. The van der Waals surface area contributed by atoms with Gasteiger partial charge in [-0.1, -0.05) is 0 Å². The Morgan fingerprint density at radius 3 is 2.79 bits per heavy atom. The van der Waals surface area contributed by atoms with Crippen molar-refractivity contribution in [2.75, 3.05) is 12.4 Å². The van der Waals surface area contributed by atoms with Crippen LogP contribution in [0, 0.1) is 5.82 Å². The van der Waals surface area contributed by atoms with Gasteiger partial charge in [0.1, 0.15) is 11.6 Å². The number of carbonyl (C=O) groups excluding carboxylic acids is 1. The maximum atomic E-state index is 13.0. The second-order valence-corrected chi connectivity index (χ2v) is 3.74. The minimum absolute atomic E-state index is 0.204. The van der Waals surface area contributed by atoms with Gasteiger partial charge in [0, 0.05) is 23.9 Å². The molecule has 0 radical (unpaired) electrons. The fourth-order valence-electron chi connectivity index (χ4n) is 1.55. The Kier molecular flexibility index (Phi) is 3.61. The minimum Gasteiger partial charge on any atom is -0.494 e. The highest BCUT2D eigenvalue weighted by Crippen LogP contribution is 2.25. The van der Waals surface area contributed by atoms with Crippen LogP contribution in [0.1, 0.15) is 10.4 Å². The number of methoxy groups -OCH3 is 1. The van der Waals surface area contributed by atoms with E-state index in [1.54, 1.807) is 0 Å². The van der Waals surface area contributed by atoms with Crippen LogP contribution in [0.2, 0.25) is 0 Å². The average Bonchev–Trinajstić information content (AvgIpc) is 2.40. The van der Waals surface area contributed by atoms with Crippen LogP contribution in [0.5, 0.6) is 5.75 Å². The SMILES string of the molecule is COc1cc(F)ccc1NC(=O)c1cc[nH]c(=O)c1. The van der Waals surface area contributed by atoms with Crippen molar-refractivity contribution in [2.45, 2.75) is 0 Å². The third-order valence-electron chi connectivity index (χ3n) is 2.45. The van der Waals surface area contributed by atoms with Gasteiger partial charge in [0.15, 0.2) is 0 Å². The number of pyridine rings is 1. The molecule has 1 aromatic heterocycles. The molecule has 19 heavy (non-hydrogen) atoms. The standard InChI is InChI=1S/C13H11FN2O3/c1-19-11-7-9(14)2-3-10(11)16-13(18)8-4-5-15-12(17)6-8/h2-7H,1H3,(H,15,17)(H,16,18). The van der Waals surface area contributed by atoms with Crippen LogP contribution in [0.15, 0.2) is 41.3 Å². The summed E-state index contributed by atoms with van der Waals surface area (Å²) < 4.78 is 18.0. The lowest BCUT2D eigenvalue weighted by Gasteiger charge is -2.09. The number of ether oxygens (including phenoxy) is 1. The van der Waals surface area contributed by atoms with E-state index in [2.05, 4.69) is 10.3 Å². The Morgan fingerprint density at radius 2 is 2.11 bits per heavy atom. The van der Waals surface area contributed by atoms with Crippen LogP contribution in [-0.4, -0.2) is 18.0 Å². The number of amides is 1. The summed E-state index contributed by atoms with van der Waals surface area (Å²) in [6.45, 7) is 0. The van der Waals surface area contributed by atoms with Crippen molar-refractivity contribution in [2.24, 2.45) is 0 Å². The van der Waals surface area contributed by atoms with Gasteiger partial charge in [0.25, 0.3) is 5.91 Å². The Balaban J connectivity index is 2.26. The van der Waals surface area contributed by atoms with E-state index in [-0.39, 0.29) is 16.9 Å². The molecule has 5 nitrogen and oxygen atoms in total. The van der Waals surface area contributed by atoms with Gasteiger partial charge in [-0.3, -0.25) is 9.59 Å². The lowest BCUT2D eigenvalue weighted by atomic mass is 10.2. The molecule has 2 aromatic rings. The normalized spacial score (nSPS) is 10.0. The van der Waals surface area contributed by atoms with E-state index in [1.165, 1.54) is 37.6 Å². The van der Waals surface area contributed by atoms with Crippen LogP contribution < -0.4 is 15.6 Å². The van der Waals surface area contributed by atoms with Crippen molar-refractivity contribution >= 4 is 11.6 Å². The molecule has 6 heteroatoms. The van der Waals surface area contributed by atoms with Gasteiger partial charge in [0.2, 0.25) is 5.56 Å². The first-order chi connectivity index (χ1) is 9.10. The van der Waals surface area contributed by atoms with Crippen molar-refractivity contribution in [3.63, 3.8) is 0 Å². The summed E-state index contributed by atoms with van der Waals surface area (Å²) in [4.78, 5) is 25.4. The summed E-state index contributed by atoms with van der Waals surface area (Å²) in [7, 11) is 1.37. The Labute approximate surface area is 108 Å². The molecule has 1 aromatic carbocycles. The predicted molar refractivity (Wildman–Crippen MR) is 68.0 cm³/mol. The zero-order chi connectivity index (χ0) is 13.8. The highest BCUT2D eigenvalue weighted by atomic mass is 19.1. The van der Waals surface area contributed by atoms with E-state index in [0.29, 0.717) is 5.69 Å². The van der Waals surface area contributed by atoms with E-state index in [0.717, 1.165) is 6.07 Å². The number of hydrogen-bond donors (Lipinski definition) is 2. The van der Waals surface area contributed by atoms with Crippen LogP contribution in [0.4, 0.5) is 10.1 Å². The number of nitrogens with one attached hydrogen (secondary N) is 2. The van der Waals surface area contributed by atoms with Crippen LogP contribution >= 0.6 is 0 Å². The topological polar surface area (TPSA) is 71.2 Å². The van der Waals surface area contributed by atoms with Gasteiger partial charge < -0.3 is 15.0 Å². The molecule has 0 atom stereocenters. The smallest absolute Gasteiger partial charge is 0.256 e. The number of halogens is 1. The molecule has 0 bridgehead atoms. The zero-order valence-corrected chi connectivity index (χ0v) is 10.1. The molecule has 0 aliphatic rings. The minimum atomic E-state index is -0.476. The fourth-order valence-corrected chi connectivity index (χ4v) is 1.55. The summed E-state index contributed by atoms with van der Waals surface area (Å²) in [6.07, 6.45) is 1.37. The van der Waals surface area contributed by atoms with Gasteiger partial charge in [0.05, 0.1) is 12.8 Å². The molecule has 0 saturated carbocycles. The molecule has 98 valence electrons. The van der Waals surface area contributed by atoms with Crippen molar-refractivity contribution in [3.8, 4) is 5.75 Å². The summed E-state index contributed by atoms with van der Waals surface area (Å²) in [5, 5.41) is 2.55. The monoisotopic (exact) mass is 262 g/mol. The van der Waals surface area contributed by atoms with Crippen molar-refractivity contribution in [1.29, 1.82) is 0 Å². The molecular formula is C13H11FN2O3. The quantitative estimate of drug-likeness (QED) is 0.885. The third kappa shape index (κ3) is 2.98.